The summed E-state index contributed by atoms with van der Waals surface area (Å²) in [6, 6.07) is 5.81. The molecule has 1 aromatic rings. The molecule has 110 valence electrons. The minimum Gasteiger partial charge on any atom is -0.387 e. The molecule has 4 nitrogen and oxygen atoms in total. The van der Waals surface area contributed by atoms with Crippen LogP contribution in [0.4, 0.5) is 5.69 Å². The molecule has 1 atom stereocenters. The fourth-order valence-electron chi connectivity index (χ4n) is 2.73. The van der Waals surface area contributed by atoms with Crippen LogP contribution in [0, 0.1) is 0 Å². The van der Waals surface area contributed by atoms with Crippen LogP contribution in [0.2, 0.25) is 5.02 Å². The number of rotatable bonds is 4. The molecule has 1 saturated heterocycles. The van der Waals surface area contributed by atoms with Gasteiger partial charge in [0.25, 0.3) is 5.91 Å². The van der Waals surface area contributed by atoms with Gasteiger partial charge >= 0.3 is 0 Å². The summed E-state index contributed by atoms with van der Waals surface area (Å²) in [5.74, 6) is 0.0112. The molecule has 1 amide bonds. The number of hydrogen-bond donors (Lipinski definition) is 1. The van der Waals surface area contributed by atoms with Gasteiger partial charge in [-0.2, -0.15) is 0 Å². The van der Waals surface area contributed by atoms with E-state index in [1.54, 1.807) is 17.0 Å². The summed E-state index contributed by atoms with van der Waals surface area (Å²) in [7, 11) is 5.79. The molecule has 0 spiro atoms. The van der Waals surface area contributed by atoms with E-state index in [0.29, 0.717) is 16.6 Å². The van der Waals surface area contributed by atoms with Crippen LogP contribution in [0.25, 0.3) is 0 Å². The van der Waals surface area contributed by atoms with E-state index in [2.05, 4.69) is 17.3 Å². The highest BCUT2D eigenvalue weighted by atomic mass is 35.5. The number of anilines is 1. The lowest BCUT2D eigenvalue weighted by Crippen LogP contribution is -2.39. The molecule has 1 unspecified atom stereocenters. The second-order valence-electron chi connectivity index (χ2n) is 5.40. The summed E-state index contributed by atoms with van der Waals surface area (Å²) in [4.78, 5) is 16.7. The molecule has 1 heterocycles. The Morgan fingerprint density at radius 3 is 2.90 bits per heavy atom. The van der Waals surface area contributed by atoms with Crippen molar-refractivity contribution in [3.05, 3.63) is 28.8 Å². The van der Waals surface area contributed by atoms with Crippen LogP contribution >= 0.6 is 11.6 Å². The van der Waals surface area contributed by atoms with Gasteiger partial charge in [-0.1, -0.05) is 11.6 Å². The molecule has 0 aliphatic carbocycles. The number of nitrogens with one attached hydrogen (secondary N) is 1. The zero-order chi connectivity index (χ0) is 14.7. The van der Waals surface area contributed by atoms with Crippen molar-refractivity contribution >= 4 is 23.2 Å². The summed E-state index contributed by atoms with van der Waals surface area (Å²) in [6.45, 7) is 1.87. The van der Waals surface area contributed by atoms with Gasteiger partial charge in [-0.25, -0.2) is 0 Å². The fraction of sp³-hybridized carbons (Fsp3) is 0.533. The molecule has 1 N–H and O–H groups in total. The van der Waals surface area contributed by atoms with Gasteiger partial charge < -0.3 is 15.1 Å². The van der Waals surface area contributed by atoms with Crippen molar-refractivity contribution in [3.63, 3.8) is 0 Å². The zero-order valence-electron chi connectivity index (χ0n) is 12.3. The highest BCUT2D eigenvalue weighted by Crippen LogP contribution is 2.23. The number of carbonyl (C=O) groups is 1. The molecule has 20 heavy (non-hydrogen) atoms. The summed E-state index contributed by atoms with van der Waals surface area (Å²) in [5.41, 5.74) is 1.44. The van der Waals surface area contributed by atoms with E-state index in [1.807, 2.05) is 20.2 Å². The third kappa shape index (κ3) is 3.25. The predicted molar refractivity (Wildman–Crippen MR) is 83.6 cm³/mol. The van der Waals surface area contributed by atoms with Crippen LogP contribution in [0.3, 0.4) is 0 Å². The van der Waals surface area contributed by atoms with E-state index in [1.165, 1.54) is 6.42 Å². The highest BCUT2D eigenvalue weighted by Gasteiger charge is 2.25. The van der Waals surface area contributed by atoms with Crippen molar-refractivity contribution in [1.29, 1.82) is 0 Å². The molecule has 1 fully saturated rings. The van der Waals surface area contributed by atoms with Gasteiger partial charge in [0.2, 0.25) is 0 Å². The molecule has 0 saturated carbocycles. The van der Waals surface area contributed by atoms with Crippen molar-refractivity contribution < 1.29 is 4.79 Å². The Kier molecular flexibility index (Phi) is 4.89. The van der Waals surface area contributed by atoms with Crippen molar-refractivity contribution in [2.45, 2.75) is 18.9 Å². The maximum absolute atomic E-state index is 12.6. The van der Waals surface area contributed by atoms with Gasteiger partial charge in [0, 0.05) is 37.4 Å². The molecule has 0 radical (unpaired) electrons. The Balaban J connectivity index is 2.12. The maximum atomic E-state index is 12.6. The van der Waals surface area contributed by atoms with Crippen molar-refractivity contribution in [1.82, 2.24) is 9.80 Å². The Bertz CT molecular complexity index is 492. The molecule has 1 aliphatic rings. The monoisotopic (exact) mass is 295 g/mol. The molecule has 1 aliphatic heterocycles. The Hall–Kier alpha value is -1.26. The van der Waals surface area contributed by atoms with E-state index in [4.69, 9.17) is 11.6 Å². The van der Waals surface area contributed by atoms with Crippen LogP contribution in [0.5, 0.6) is 0 Å². The van der Waals surface area contributed by atoms with Gasteiger partial charge in [-0.05, 0) is 44.6 Å². The second-order valence-corrected chi connectivity index (χ2v) is 5.84. The average Bonchev–Trinajstić information content (AvgIpc) is 2.83. The Labute approximate surface area is 125 Å². The predicted octanol–water partition coefficient (Wildman–Crippen LogP) is 2.55. The van der Waals surface area contributed by atoms with Gasteiger partial charge in [0.05, 0.1) is 5.56 Å². The molecule has 5 heteroatoms. The van der Waals surface area contributed by atoms with Crippen LogP contribution in [-0.4, -0.2) is 56.0 Å². The van der Waals surface area contributed by atoms with Crippen LogP contribution in [0.1, 0.15) is 23.2 Å². The Morgan fingerprint density at radius 1 is 1.55 bits per heavy atom. The number of carbonyl (C=O) groups excluding carboxylic acids is 1. The minimum absolute atomic E-state index is 0.0112. The van der Waals surface area contributed by atoms with Gasteiger partial charge in [0.15, 0.2) is 0 Å². The molecule has 0 bridgehead atoms. The van der Waals surface area contributed by atoms with Crippen molar-refractivity contribution in [2.75, 3.05) is 39.5 Å². The lowest BCUT2D eigenvalue weighted by atomic mass is 10.1. The van der Waals surface area contributed by atoms with Crippen molar-refractivity contribution in [2.24, 2.45) is 0 Å². The summed E-state index contributed by atoms with van der Waals surface area (Å²) < 4.78 is 0. The number of likely N-dealkylation sites (tertiary alicyclic amines) is 1. The Morgan fingerprint density at radius 2 is 2.30 bits per heavy atom. The molecular weight excluding hydrogens is 274 g/mol. The topological polar surface area (TPSA) is 35.6 Å². The first-order valence-corrected chi connectivity index (χ1v) is 7.33. The summed E-state index contributed by atoms with van der Waals surface area (Å²) in [6.07, 6.45) is 2.37. The van der Waals surface area contributed by atoms with Crippen LogP contribution in [-0.2, 0) is 0 Å². The van der Waals surface area contributed by atoms with Gasteiger partial charge in [-0.3, -0.25) is 4.79 Å². The molecule has 1 aromatic carbocycles. The SMILES string of the molecule is CNc1ccc(Cl)cc1C(=O)N(C)CC1CCCN1C. The second kappa shape index (κ2) is 6.46. The summed E-state index contributed by atoms with van der Waals surface area (Å²) >= 11 is 6.01. The molecule has 0 aromatic heterocycles. The third-order valence-electron chi connectivity index (χ3n) is 3.98. The van der Waals surface area contributed by atoms with E-state index < -0.39 is 0 Å². The number of halogens is 1. The zero-order valence-corrected chi connectivity index (χ0v) is 13.1. The van der Waals surface area contributed by atoms with Gasteiger partial charge in [0.1, 0.15) is 0 Å². The average molecular weight is 296 g/mol. The number of hydrogen-bond acceptors (Lipinski definition) is 3. The first-order valence-electron chi connectivity index (χ1n) is 6.96. The number of nitrogens with zero attached hydrogens (tertiary/aromatic N) is 2. The van der Waals surface area contributed by atoms with Crippen LogP contribution < -0.4 is 5.32 Å². The molecular formula is C15H22ClN3O. The number of likely N-dealkylation sites (N-methyl/N-ethyl adjacent to an activating group) is 2. The van der Waals surface area contributed by atoms with Crippen molar-refractivity contribution in [3.8, 4) is 0 Å². The highest BCUT2D eigenvalue weighted by molar-refractivity contribution is 6.31. The van der Waals surface area contributed by atoms with Crippen LogP contribution in [0.15, 0.2) is 18.2 Å². The van der Waals surface area contributed by atoms with E-state index in [0.717, 1.165) is 25.2 Å². The van der Waals surface area contributed by atoms with Gasteiger partial charge in [-0.15, -0.1) is 0 Å². The first-order chi connectivity index (χ1) is 9.52. The lowest BCUT2D eigenvalue weighted by Gasteiger charge is -2.26. The normalized spacial score (nSPS) is 19.1. The smallest absolute Gasteiger partial charge is 0.255 e. The van der Waals surface area contributed by atoms with E-state index in [-0.39, 0.29) is 5.91 Å². The number of benzene rings is 1. The molecule has 2 rings (SSSR count). The maximum Gasteiger partial charge on any atom is 0.255 e. The lowest BCUT2D eigenvalue weighted by molar-refractivity contribution is 0.0762. The standard InChI is InChI=1S/C15H22ClN3O/c1-17-14-7-6-11(16)9-13(14)15(20)19(3)10-12-5-4-8-18(12)2/h6-7,9,12,17H,4-5,8,10H2,1-3H3. The fourth-order valence-corrected chi connectivity index (χ4v) is 2.90. The first kappa shape index (κ1) is 15.1. The third-order valence-corrected chi connectivity index (χ3v) is 4.22. The minimum atomic E-state index is 0.0112. The van der Waals surface area contributed by atoms with E-state index >= 15 is 0 Å². The largest absolute Gasteiger partial charge is 0.387 e. The summed E-state index contributed by atoms with van der Waals surface area (Å²) in [5, 5.41) is 3.63. The number of amides is 1. The van der Waals surface area contributed by atoms with E-state index in [9.17, 15) is 4.79 Å². The quantitative estimate of drug-likeness (QED) is 0.927.